The van der Waals surface area contributed by atoms with E-state index in [1.807, 2.05) is 29.3 Å². The first-order valence-corrected chi connectivity index (χ1v) is 4.90. The van der Waals surface area contributed by atoms with Crippen molar-refractivity contribution in [2.24, 2.45) is 12.8 Å². The highest BCUT2D eigenvalue weighted by atomic mass is 15.1. The van der Waals surface area contributed by atoms with E-state index in [0.29, 0.717) is 6.54 Å². The van der Waals surface area contributed by atoms with E-state index in [1.165, 1.54) is 0 Å². The zero-order valence-corrected chi connectivity index (χ0v) is 8.96. The van der Waals surface area contributed by atoms with Crippen molar-refractivity contribution in [1.29, 1.82) is 0 Å². The molecule has 0 saturated carbocycles. The molecule has 0 aliphatic heterocycles. The second kappa shape index (κ2) is 3.86. The molecule has 0 saturated heterocycles. The summed E-state index contributed by atoms with van der Waals surface area (Å²) in [6, 6.07) is -0.00670. The number of rotatable bonds is 3. The van der Waals surface area contributed by atoms with Crippen molar-refractivity contribution in [2.75, 3.05) is 0 Å². The normalized spacial score (nSPS) is 13.0. The van der Waals surface area contributed by atoms with Crippen LogP contribution in [-0.4, -0.2) is 19.1 Å². The molecule has 2 rings (SSSR count). The Morgan fingerprint density at radius 3 is 2.93 bits per heavy atom. The van der Waals surface area contributed by atoms with Crippen LogP contribution in [0.15, 0.2) is 24.9 Å². The molecular formula is C10H15N5. The number of imidazole rings is 2. The lowest BCUT2D eigenvalue weighted by Gasteiger charge is -2.10. The summed E-state index contributed by atoms with van der Waals surface area (Å²) in [5, 5.41) is 0. The average molecular weight is 205 g/mol. The molecule has 80 valence electrons. The molecule has 0 spiro atoms. The molecule has 1 atom stereocenters. The molecule has 0 aromatic carbocycles. The quantitative estimate of drug-likeness (QED) is 0.801. The van der Waals surface area contributed by atoms with Gasteiger partial charge < -0.3 is 14.9 Å². The van der Waals surface area contributed by atoms with Gasteiger partial charge in [-0.25, -0.2) is 9.97 Å². The molecule has 0 radical (unpaired) electrons. The molecule has 2 aromatic heterocycles. The predicted molar refractivity (Wildman–Crippen MR) is 57.1 cm³/mol. The second-order valence-corrected chi connectivity index (χ2v) is 3.69. The highest BCUT2D eigenvalue weighted by Crippen LogP contribution is 2.10. The van der Waals surface area contributed by atoms with Gasteiger partial charge in [-0.3, -0.25) is 0 Å². The number of aromatic nitrogens is 4. The van der Waals surface area contributed by atoms with Crippen molar-refractivity contribution in [1.82, 2.24) is 19.1 Å². The lowest BCUT2D eigenvalue weighted by molar-refractivity contribution is 0.636. The first-order chi connectivity index (χ1) is 7.18. The van der Waals surface area contributed by atoms with E-state index in [4.69, 9.17) is 5.73 Å². The van der Waals surface area contributed by atoms with Gasteiger partial charge in [0.25, 0.3) is 0 Å². The van der Waals surface area contributed by atoms with Gasteiger partial charge in [0.15, 0.2) is 0 Å². The topological polar surface area (TPSA) is 61.7 Å². The van der Waals surface area contributed by atoms with Crippen molar-refractivity contribution in [3.8, 4) is 0 Å². The van der Waals surface area contributed by atoms with Crippen LogP contribution in [0.2, 0.25) is 0 Å². The Labute approximate surface area is 88.6 Å². The molecule has 0 aliphatic rings. The summed E-state index contributed by atoms with van der Waals surface area (Å²) < 4.78 is 4.01. The van der Waals surface area contributed by atoms with Crippen molar-refractivity contribution >= 4 is 0 Å². The zero-order chi connectivity index (χ0) is 10.8. The zero-order valence-electron chi connectivity index (χ0n) is 8.96. The maximum atomic E-state index is 5.84. The predicted octanol–water partition coefficient (Wildman–Crippen LogP) is 0.685. The first kappa shape index (κ1) is 9.92. The van der Waals surface area contributed by atoms with Crippen LogP contribution in [0.5, 0.6) is 0 Å². The van der Waals surface area contributed by atoms with E-state index in [-0.39, 0.29) is 6.04 Å². The lowest BCUT2D eigenvalue weighted by atomic mass is 10.3. The molecule has 0 fully saturated rings. The SMILES string of the molecule is C[C@@H](N)c1cncn1Cc1nccn1C. The van der Waals surface area contributed by atoms with Crippen molar-refractivity contribution in [3.63, 3.8) is 0 Å². The molecule has 5 heteroatoms. The van der Waals surface area contributed by atoms with Crippen LogP contribution in [-0.2, 0) is 13.6 Å². The van der Waals surface area contributed by atoms with Gasteiger partial charge >= 0.3 is 0 Å². The van der Waals surface area contributed by atoms with E-state index in [0.717, 1.165) is 11.5 Å². The third-order valence-corrected chi connectivity index (χ3v) is 2.44. The number of nitrogens with zero attached hydrogens (tertiary/aromatic N) is 4. The van der Waals surface area contributed by atoms with Crippen molar-refractivity contribution in [2.45, 2.75) is 19.5 Å². The van der Waals surface area contributed by atoms with Gasteiger partial charge in [-0.2, -0.15) is 0 Å². The fourth-order valence-electron chi connectivity index (χ4n) is 1.54. The highest BCUT2D eigenvalue weighted by molar-refractivity contribution is 5.05. The maximum absolute atomic E-state index is 5.84. The van der Waals surface area contributed by atoms with Crippen LogP contribution >= 0.6 is 0 Å². The summed E-state index contributed by atoms with van der Waals surface area (Å²) in [4.78, 5) is 8.36. The molecule has 0 unspecified atom stereocenters. The Balaban J connectivity index is 2.25. The fraction of sp³-hybridized carbons (Fsp3) is 0.400. The Morgan fingerprint density at radius 2 is 2.33 bits per heavy atom. The molecular weight excluding hydrogens is 190 g/mol. The Morgan fingerprint density at radius 1 is 1.53 bits per heavy atom. The molecule has 0 amide bonds. The molecule has 2 aromatic rings. The molecule has 0 aliphatic carbocycles. The Kier molecular flexibility index (Phi) is 2.55. The Hall–Kier alpha value is -1.62. The van der Waals surface area contributed by atoms with Gasteiger partial charge in [-0.1, -0.05) is 0 Å². The van der Waals surface area contributed by atoms with Gasteiger partial charge in [-0.05, 0) is 6.92 Å². The van der Waals surface area contributed by atoms with Crippen LogP contribution < -0.4 is 5.73 Å². The van der Waals surface area contributed by atoms with Crippen LogP contribution in [0.25, 0.3) is 0 Å². The van der Waals surface area contributed by atoms with E-state index in [9.17, 15) is 0 Å². The molecule has 5 nitrogen and oxygen atoms in total. The minimum atomic E-state index is -0.00670. The first-order valence-electron chi connectivity index (χ1n) is 4.90. The number of hydrogen-bond acceptors (Lipinski definition) is 3. The van der Waals surface area contributed by atoms with E-state index in [1.54, 1.807) is 18.7 Å². The summed E-state index contributed by atoms with van der Waals surface area (Å²) in [7, 11) is 1.98. The monoisotopic (exact) mass is 205 g/mol. The fourth-order valence-corrected chi connectivity index (χ4v) is 1.54. The highest BCUT2D eigenvalue weighted by Gasteiger charge is 2.08. The Bertz CT molecular complexity index is 440. The van der Waals surface area contributed by atoms with Crippen molar-refractivity contribution in [3.05, 3.63) is 36.4 Å². The van der Waals surface area contributed by atoms with Crippen LogP contribution in [0, 0.1) is 0 Å². The van der Waals surface area contributed by atoms with Gasteiger partial charge in [0, 0.05) is 31.7 Å². The molecule has 2 heterocycles. The number of hydrogen-bond donors (Lipinski definition) is 1. The third-order valence-electron chi connectivity index (χ3n) is 2.44. The van der Waals surface area contributed by atoms with Gasteiger partial charge in [-0.15, -0.1) is 0 Å². The van der Waals surface area contributed by atoms with Crippen LogP contribution in [0.4, 0.5) is 0 Å². The van der Waals surface area contributed by atoms with E-state index in [2.05, 4.69) is 9.97 Å². The van der Waals surface area contributed by atoms with E-state index < -0.39 is 0 Å². The minimum Gasteiger partial charge on any atom is -0.337 e. The van der Waals surface area contributed by atoms with Crippen LogP contribution in [0.3, 0.4) is 0 Å². The molecule has 2 N–H and O–H groups in total. The van der Waals surface area contributed by atoms with Gasteiger partial charge in [0.05, 0.1) is 18.6 Å². The molecule has 0 bridgehead atoms. The molecule has 15 heavy (non-hydrogen) atoms. The smallest absolute Gasteiger partial charge is 0.128 e. The van der Waals surface area contributed by atoms with Gasteiger partial charge in [0.2, 0.25) is 0 Å². The van der Waals surface area contributed by atoms with E-state index >= 15 is 0 Å². The summed E-state index contributed by atoms with van der Waals surface area (Å²) >= 11 is 0. The minimum absolute atomic E-state index is 0.00670. The largest absolute Gasteiger partial charge is 0.337 e. The summed E-state index contributed by atoms with van der Waals surface area (Å²) in [5.74, 6) is 0.995. The lowest BCUT2D eigenvalue weighted by Crippen LogP contribution is -2.14. The van der Waals surface area contributed by atoms with Crippen LogP contribution in [0.1, 0.15) is 24.5 Å². The maximum Gasteiger partial charge on any atom is 0.128 e. The average Bonchev–Trinajstić information content (AvgIpc) is 2.77. The second-order valence-electron chi connectivity index (χ2n) is 3.69. The number of nitrogens with two attached hydrogens (primary N) is 1. The summed E-state index contributed by atoms with van der Waals surface area (Å²) in [6.45, 7) is 2.66. The van der Waals surface area contributed by atoms with Gasteiger partial charge in [0.1, 0.15) is 5.82 Å². The summed E-state index contributed by atoms with van der Waals surface area (Å²) in [6.07, 6.45) is 7.30. The standard InChI is InChI=1S/C10H15N5/c1-8(11)9-5-12-7-15(9)6-10-13-3-4-14(10)2/h3-5,7-8H,6,11H2,1-2H3/t8-/m1/s1. The van der Waals surface area contributed by atoms with Crippen molar-refractivity contribution < 1.29 is 0 Å². The summed E-state index contributed by atoms with van der Waals surface area (Å²) in [5.41, 5.74) is 6.86. The third kappa shape index (κ3) is 1.92. The number of aryl methyl sites for hydroxylation is 1.